The van der Waals surface area contributed by atoms with Crippen LogP contribution in [-0.2, 0) is 0 Å². The van der Waals surface area contributed by atoms with Crippen LogP contribution in [0.4, 0.5) is 10.5 Å². The molecule has 0 heterocycles. The first-order valence-corrected chi connectivity index (χ1v) is 8.05. The lowest BCUT2D eigenvalue weighted by atomic mass is 9.94. The molecule has 122 valence electrons. The Morgan fingerprint density at radius 2 is 2.14 bits per heavy atom. The smallest absolute Gasteiger partial charge is 0.322 e. The second-order valence-electron chi connectivity index (χ2n) is 5.48. The molecule has 1 aromatic carbocycles. The molecule has 1 fully saturated rings. The molecule has 1 aromatic rings. The molecule has 22 heavy (non-hydrogen) atoms. The molecule has 6 heteroatoms. The highest BCUT2D eigenvalue weighted by molar-refractivity contribution is 6.33. The van der Waals surface area contributed by atoms with Crippen molar-refractivity contribution in [1.29, 1.82) is 0 Å². The molecule has 0 atom stereocenters. The zero-order valence-electron chi connectivity index (χ0n) is 12.8. The van der Waals surface area contributed by atoms with Gasteiger partial charge in [-0.15, -0.1) is 0 Å². The Morgan fingerprint density at radius 1 is 1.41 bits per heavy atom. The number of methoxy groups -OCH3 is 1. The van der Waals surface area contributed by atoms with Crippen molar-refractivity contribution >= 4 is 23.3 Å². The number of nitrogens with one attached hydrogen (secondary N) is 1. The van der Waals surface area contributed by atoms with E-state index in [4.69, 9.17) is 16.3 Å². The first kappa shape index (κ1) is 16.9. The van der Waals surface area contributed by atoms with Gasteiger partial charge in [0, 0.05) is 18.7 Å². The third-order valence-electron chi connectivity index (χ3n) is 4.04. The fourth-order valence-electron chi connectivity index (χ4n) is 2.86. The second kappa shape index (κ2) is 8.25. The zero-order valence-corrected chi connectivity index (χ0v) is 13.6. The van der Waals surface area contributed by atoms with Crippen LogP contribution in [0.5, 0.6) is 5.75 Å². The van der Waals surface area contributed by atoms with Gasteiger partial charge in [0.15, 0.2) is 0 Å². The van der Waals surface area contributed by atoms with Gasteiger partial charge in [-0.3, -0.25) is 0 Å². The highest BCUT2D eigenvalue weighted by atomic mass is 35.5. The fraction of sp³-hybridized carbons (Fsp3) is 0.562. The standard InChI is InChI=1S/C16H23ClN2O3/c1-22-13-7-8-15(14(17)11-13)18-16(21)19(9-10-20)12-5-3-2-4-6-12/h7-8,11-12,20H,2-6,9-10H2,1H3,(H,18,21). The predicted molar refractivity (Wildman–Crippen MR) is 87.7 cm³/mol. The molecule has 0 unspecified atom stereocenters. The van der Waals surface area contributed by atoms with Crippen molar-refractivity contribution in [2.75, 3.05) is 25.6 Å². The first-order valence-electron chi connectivity index (χ1n) is 7.67. The Kier molecular flexibility index (Phi) is 6.34. The van der Waals surface area contributed by atoms with Crippen molar-refractivity contribution in [3.8, 4) is 5.75 Å². The molecular formula is C16H23ClN2O3. The van der Waals surface area contributed by atoms with Gasteiger partial charge in [0.2, 0.25) is 0 Å². The minimum atomic E-state index is -0.215. The number of carbonyl (C=O) groups is 1. The van der Waals surface area contributed by atoms with Gasteiger partial charge in [0.05, 0.1) is 24.4 Å². The average Bonchev–Trinajstić information content (AvgIpc) is 2.55. The minimum absolute atomic E-state index is 0.0414. The largest absolute Gasteiger partial charge is 0.497 e. The lowest BCUT2D eigenvalue weighted by Crippen LogP contribution is -2.45. The summed E-state index contributed by atoms with van der Waals surface area (Å²) in [7, 11) is 1.57. The highest BCUT2D eigenvalue weighted by Crippen LogP contribution is 2.28. The van der Waals surface area contributed by atoms with Crippen LogP contribution in [0.25, 0.3) is 0 Å². The van der Waals surface area contributed by atoms with Gasteiger partial charge in [-0.1, -0.05) is 30.9 Å². The number of hydrogen-bond acceptors (Lipinski definition) is 3. The van der Waals surface area contributed by atoms with E-state index in [0.717, 1.165) is 25.7 Å². The van der Waals surface area contributed by atoms with Crippen molar-refractivity contribution in [2.45, 2.75) is 38.1 Å². The van der Waals surface area contributed by atoms with E-state index in [1.807, 2.05) is 0 Å². The molecule has 1 saturated carbocycles. The third-order valence-corrected chi connectivity index (χ3v) is 4.35. The van der Waals surface area contributed by atoms with E-state index in [2.05, 4.69) is 5.32 Å². The molecule has 0 saturated heterocycles. The van der Waals surface area contributed by atoms with Crippen LogP contribution in [0.2, 0.25) is 5.02 Å². The van der Waals surface area contributed by atoms with Crippen LogP contribution in [0.15, 0.2) is 18.2 Å². The second-order valence-corrected chi connectivity index (χ2v) is 5.89. The fourth-order valence-corrected chi connectivity index (χ4v) is 3.08. The van der Waals surface area contributed by atoms with Crippen molar-refractivity contribution in [3.05, 3.63) is 23.2 Å². The van der Waals surface area contributed by atoms with Crippen molar-refractivity contribution in [2.24, 2.45) is 0 Å². The van der Waals surface area contributed by atoms with Crippen LogP contribution in [0.3, 0.4) is 0 Å². The molecule has 2 N–H and O–H groups in total. The van der Waals surface area contributed by atoms with Gasteiger partial charge in [0.25, 0.3) is 0 Å². The van der Waals surface area contributed by atoms with Crippen LogP contribution in [0.1, 0.15) is 32.1 Å². The lowest BCUT2D eigenvalue weighted by molar-refractivity contribution is 0.144. The van der Waals surface area contributed by atoms with Gasteiger partial charge in [-0.2, -0.15) is 0 Å². The van der Waals surface area contributed by atoms with Crippen LogP contribution < -0.4 is 10.1 Å². The molecular weight excluding hydrogens is 304 g/mol. The van der Waals surface area contributed by atoms with Crippen LogP contribution in [-0.4, -0.2) is 42.3 Å². The molecule has 2 amide bonds. The number of nitrogens with zero attached hydrogens (tertiary/aromatic N) is 1. The van der Waals surface area contributed by atoms with E-state index in [0.29, 0.717) is 23.0 Å². The molecule has 5 nitrogen and oxygen atoms in total. The number of ether oxygens (including phenoxy) is 1. The molecule has 0 aliphatic heterocycles. The summed E-state index contributed by atoms with van der Waals surface area (Å²) in [6.45, 7) is 0.296. The van der Waals surface area contributed by atoms with Gasteiger partial charge < -0.3 is 20.1 Å². The number of hydrogen-bond donors (Lipinski definition) is 2. The van der Waals surface area contributed by atoms with Gasteiger partial charge in [-0.05, 0) is 25.0 Å². The van der Waals surface area contributed by atoms with Crippen LogP contribution in [0, 0.1) is 0 Å². The molecule has 0 radical (unpaired) electrons. The monoisotopic (exact) mass is 326 g/mol. The minimum Gasteiger partial charge on any atom is -0.497 e. The van der Waals surface area contributed by atoms with E-state index < -0.39 is 0 Å². The van der Waals surface area contributed by atoms with Crippen molar-refractivity contribution in [1.82, 2.24) is 4.90 Å². The maximum Gasteiger partial charge on any atom is 0.322 e. The quantitative estimate of drug-likeness (QED) is 0.870. The summed E-state index contributed by atoms with van der Waals surface area (Å²) in [6.07, 6.45) is 5.45. The van der Waals surface area contributed by atoms with E-state index in [1.54, 1.807) is 30.2 Å². The maximum absolute atomic E-state index is 12.5. The summed E-state index contributed by atoms with van der Waals surface area (Å²) < 4.78 is 5.10. The molecule has 0 spiro atoms. The zero-order chi connectivity index (χ0) is 15.9. The lowest BCUT2D eigenvalue weighted by Gasteiger charge is -2.34. The van der Waals surface area contributed by atoms with Crippen LogP contribution >= 0.6 is 11.6 Å². The summed E-state index contributed by atoms with van der Waals surface area (Å²) in [5.74, 6) is 0.641. The summed E-state index contributed by atoms with van der Waals surface area (Å²) in [6, 6.07) is 5.11. The molecule has 0 bridgehead atoms. The Labute approximate surface area is 136 Å². The van der Waals surface area contributed by atoms with Crippen molar-refractivity contribution in [3.63, 3.8) is 0 Å². The Hall–Kier alpha value is -1.46. The number of anilines is 1. The van der Waals surface area contributed by atoms with E-state index in [-0.39, 0.29) is 18.7 Å². The summed E-state index contributed by atoms with van der Waals surface area (Å²) >= 11 is 6.16. The summed E-state index contributed by atoms with van der Waals surface area (Å²) in [5, 5.41) is 12.5. The number of benzene rings is 1. The number of rotatable bonds is 5. The molecule has 2 rings (SSSR count). The number of aliphatic hydroxyl groups excluding tert-OH is 1. The van der Waals surface area contributed by atoms with Gasteiger partial charge in [0.1, 0.15) is 5.75 Å². The number of halogens is 1. The number of amides is 2. The highest BCUT2D eigenvalue weighted by Gasteiger charge is 2.25. The third kappa shape index (κ3) is 4.27. The first-order chi connectivity index (χ1) is 10.7. The normalized spacial score (nSPS) is 15.4. The van der Waals surface area contributed by atoms with Gasteiger partial charge >= 0.3 is 6.03 Å². The SMILES string of the molecule is COc1ccc(NC(=O)N(CCO)C2CCCCC2)c(Cl)c1. The summed E-state index contributed by atoms with van der Waals surface area (Å²) in [4.78, 5) is 14.2. The topological polar surface area (TPSA) is 61.8 Å². The predicted octanol–water partition coefficient (Wildman–Crippen LogP) is 3.51. The average molecular weight is 327 g/mol. The number of aliphatic hydroxyl groups is 1. The van der Waals surface area contributed by atoms with E-state index >= 15 is 0 Å². The van der Waals surface area contributed by atoms with Crippen molar-refractivity contribution < 1.29 is 14.6 Å². The maximum atomic E-state index is 12.5. The Morgan fingerprint density at radius 3 is 2.73 bits per heavy atom. The number of urea groups is 1. The Bertz CT molecular complexity index is 504. The Balaban J connectivity index is 2.07. The van der Waals surface area contributed by atoms with E-state index in [1.165, 1.54) is 6.42 Å². The molecule has 1 aliphatic carbocycles. The summed E-state index contributed by atoms with van der Waals surface area (Å²) in [5.41, 5.74) is 0.547. The molecule has 0 aromatic heterocycles. The van der Waals surface area contributed by atoms with E-state index in [9.17, 15) is 9.90 Å². The van der Waals surface area contributed by atoms with Gasteiger partial charge in [-0.25, -0.2) is 4.79 Å². The number of carbonyl (C=O) groups excluding carboxylic acids is 1. The molecule has 1 aliphatic rings.